The lowest BCUT2D eigenvalue weighted by atomic mass is 9.50. The molecular formula is C28H42O3. The van der Waals surface area contributed by atoms with E-state index in [1.165, 1.54) is 30.4 Å². The van der Waals surface area contributed by atoms with Crippen molar-refractivity contribution in [2.75, 3.05) is 6.61 Å². The molecule has 31 heavy (non-hydrogen) atoms. The Morgan fingerprint density at radius 3 is 2.55 bits per heavy atom. The highest BCUT2D eigenvalue weighted by Gasteiger charge is 2.57. The van der Waals surface area contributed by atoms with Gasteiger partial charge in [-0.05, 0) is 91.9 Å². The summed E-state index contributed by atoms with van der Waals surface area (Å²) in [5.74, 6) is 2.84. The van der Waals surface area contributed by atoms with Gasteiger partial charge in [0.25, 0.3) is 0 Å². The second-order valence-electron chi connectivity index (χ2n) is 12.4. The van der Waals surface area contributed by atoms with Crippen LogP contribution in [0.4, 0.5) is 0 Å². The Kier molecular flexibility index (Phi) is 5.15. The molecular weight excluding hydrogens is 384 g/mol. The largest absolute Gasteiger partial charge is 0.393 e. The fourth-order valence-electron chi connectivity index (χ4n) is 8.13. The van der Waals surface area contributed by atoms with Gasteiger partial charge >= 0.3 is 0 Å². The van der Waals surface area contributed by atoms with E-state index in [2.05, 4.69) is 46.8 Å². The molecule has 1 aliphatic heterocycles. The standard InChI is InChI=1S/C28H42O3/c1-17(6-7-18(2)28(5)16-31-28)21-8-9-22-25-23(11-13-27(21,22)4)26(3)12-10-20(29)14-19(26)15-24(25)30/h6-7,17-22,29H,8-16H2,1-5H3/t17?,18?,19?,20-,21+,22-,26-,27+,28?/m0/s1. The van der Waals surface area contributed by atoms with Crippen LogP contribution >= 0.6 is 0 Å². The molecule has 2 saturated carbocycles. The number of fused-ring (bicyclic) bond motifs is 4. The summed E-state index contributed by atoms with van der Waals surface area (Å²) in [5, 5.41) is 10.2. The molecule has 1 heterocycles. The van der Waals surface area contributed by atoms with Gasteiger partial charge in [0.1, 0.15) is 0 Å². The molecule has 3 fully saturated rings. The summed E-state index contributed by atoms with van der Waals surface area (Å²) in [6, 6.07) is 0. The molecule has 5 aliphatic rings. The van der Waals surface area contributed by atoms with Crippen molar-refractivity contribution >= 4 is 5.78 Å². The van der Waals surface area contributed by atoms with Crippen LogP contribution in [0.15, 0.2) is 23.3 Å². The van der Waals surface area contributed by atoms with Crippen molar-refractivity contribution in [3.63, 3.8) is 0 Å². The second-order valence-corrected chi connectivity index (χ2v) is 12.4. The molecule has 1 N–H and O–H groups in total. The molecule has 3 nitrogen and oxygen atoms in total. The Hall–Kier alpha value is -0.930. The first kappa shape index (κ1) is 21.9. The van der Waals surface area contributed by atoms with Crippen LogP contribution in [-0.2, 0) is 9.53 Å². The van der Waals surface area contributed by atoms with Crippen LogP contribution in [-0.4, -0.2) is 29.2 Å². The minimum atomic E-state index is -0.212. The second kappa shape index (κ2) is 7.29. The summed E-state index contributed by atoms with van der Waals surface area (Å²) < 4.78 is 5.64. The SMILES string of the molecule is CC(C=CC(C)C1(C)CO1)[C@H]1CC[C@H]2C3=C(CC[C@]12C)[C@@]1(C)CC[C@H](O)CC1CC3=O. The zero-order valence-corrected chi connectivity index (χ0v) is 20.2. The van der Waals surface area contributed by atoms with Crippen LogP contribution in [0, 0.1) is 40.4 Å². The fourth-order valence-corrected chi connectivity index (χ4v) is 8.13. The third-order valence-corrected chi connectivity index (χ3v) is 10.8. The summed E-state index contributed by atoms with van der Waals surface area (Å²) >= 11 is 0. The predicted octanol–water partition coefficient (Wildman–Crippen LogP) is 5.87. The quantitative estimate of drug-likeness (QED) is 0.452. The Labute approximate surface area is 188 Å². The van der Waals surface area contributed by atoms with Crippen molar-refractivity contribution in [1.29, 1.82) is 0 Å². The third kappa shape index (κ3) is 3.32. The number of allylic oxidation sites excluding steroid dienone is 3. The topological polar surface area (TPSA) is 49.8 Å². The van der Waals surface area contributed by atoms with E-state index >= 15 is 0 Å². The molecule has 0 aromatic heterocycles. The Bertz CT molecular complexity index is 820. The first-order chi connectivity index (χ1) is 14.6. The van der Waals surface area contributed by atoms with Crippen molar-refractivity contribution in [2.24, 2.45) is 40.4 Å². The molecule has 9 atom stereocenters. The summed E-state index contributed by atoms with van der Waals surface area (Å²) in [7, 11) is 0. The van der Waals surface area contributed by atoms with E-state index in [-0.39, 0.29) is 22.5 Å². The van der Waals surface area contributed by atoms with E-state index < -0.39 is 0 Å². The monoisotopic (exact) mass is 426 g/mol. The van der Waals surface area contributed by atoms with Gasteiger partial charge in [0.15, 0.2) is 5.78 Å². The van der Waals surface area contributed by atoms with Gasteiger partial charge in [0, 0.05) is 12.3 Å². The van der Waals surface area contributed by atoms with Crippen molar-refractivity contribution in [2.45, 2.75) is 97.7 Å². The lowest BCUT2D eigenvalue weighted by Crippen LogP contribution is -2.48. The van der Waals surface area contributed by atoms with Crippen LogP contribution in [0.3, 0.4) is 0 Å². The third-order valence-electron chi connectivity index (χ3n) is 10.8. The van der Waals surface area contributed by atoms with Crippen LogP contribution < -0.4 is 0 Å². The van der Waals surface area contributed by atoms with Crippen molar-refractivity contribution in [3.8, 4) is 0 Å². The van der Waals surface area contributed by atoms with Crippen LogP contribution in [0.25, 0.3) is 0 Å². The Morgan fingerprint density at radius 1 is 1.10 bits per heavy atom. The van der Waals surface area contributed by atoms with Crippen molar-refractivity contribution in [1.82, 2.24) is 0 Å². The Morgan fingerprint density at radius 2 is 1.84 bits per heavy atom. The summed E-state index contributed by atoms with van der Waals surface area (Å²) in [6.07, 6.45) is 12.7. The maximum atomic E-state index is 13.5. The highest BCUT2D eigenvalue weighted by atomic mass is 16.6. The number of carbonyl (C=O) groups excluding carboxylic acids is 1. The lowest BCUT2D eigenvalue weighted by molar-refractivity contribution is -0.121. The predicted molar refractivity (Wildman–Crippen MR) is 123 cm³/mol. The maximum Gasteiger partial charge on any atom is 0.159 e. The Balaban J connectivity index is 1.40. The van der Waals surface area contributed by atoms with E-state index in [4.69, 9.17) is 4.74 Å². The number of Topliss-reactive ketones (excluding diaryl/α,β-unsaturated/α-hetero) is 1. The van der Waals surface area contributed by atoms with Crippen molar-refractivity contribution < 1.29 is 14.6 Å². The van der Waals surface area contributed by atoms with Gasteiger partial charge in [-0.3, -0.25) is 4.79 Å². The fraction of sp³-hybridized carbons (Fsp3) is 0.821. The summed E-state index contributed by atoms with van der Waals surface area (Å²) in [4.78, 5) is 13.5. The summed E-state index contributed by atoms with van der Waals surface area (Å²) in [6.45, 7) is 12.7. The van der Waals surface area contributed by atoms with Crippen LogP contribution in [0.1, 0.15) is 86.0 Å². The van der Waals surface area contributed by atoms with Crippen LogP contribution in [0.2, 0.25) is 0 Å². The van der Waals surface area contributed by atoms with E-state index in [0.717, 1.165) is 32.3 Å². The minimum absolute atomic E-state index is 0.0525. The highest BCUT2D eigenvalue weighted by molar-refractivity contribution is 5.98. The molecule has 0 spiro atoms. The highest BCUT2D eigenvalue weighted by Crippen LogP contribution is 2.65. The van der Waals surface area contributed by atoms with Gasteiger partial charge in [-0.25, -0.2) is 0 Å². The molecule has 0 amide bonds. The number of ketones is 1. The number of rotatable bonds is 4. The number of aliphatic hydroxyl groups is 1. The van der Waals surface area contributed by atoms with Gasteiger partial charge in [-0.1, -0.05) is 45.4 Å². The minimum Gasteiger partial charge on any atom is -0.393 e. The number of aliphatic hydroxyl groups excluding tert-OH is 1. The first-order valence-electron chi connectivity index (χ1n) is 12.9. The molecule has 3 heteroatoms. The average Bonchev–Trinajstić information content (AvgIpc) is 3.37. The van der Waals surface area contributed by atoms with Crippen LogP contribution in [0.5, 0.6) is 0 Å². The number of epoxide rings is 1. The number of carbonyl (C=O) groups is 1. The number of hydrogen-bond acceptors (Lipinski definition) is 3. The molecule has 4 unspecified atom stereocenters. The molecule has 4 aliphatic carbocycles. The smallest absolute Gasteiger partial charge is 0.159 e. The molecule has 0 bridgehead atoms. The van der Waals surface area contributed by atoms with E-state index in [0.29, 0.717) is 41.8 Å². The van der Waals surface area contributed by atoms with Gasteiger partial charge in [0.2, 0.25) is 0 Å². The molecule has 0 radical (unpaired) electrons. The van der Waals surface area contributed by atoms with Gasteiger partial charge in [0.05, 0.1) is 18.3 Å². The number of ether oxygens (including phenoxy) is 1. The molecule has 1 saturated heterocycles. The molecule has 0 aromatic rings. The van der Waals surface area contributed by atoms with Gasteiger partial charge in [-0.2, -0.15) is 0 Å². The van der Waals surface area contributed by atoms with Crippen molar-refractivity contribution in [3.05, 3.63) is 23.3 Å². The van der Waals surface area contributed by atoms with E-state index in [1.54, 1.807) is 0 Å². The van der Waals surface area contributed by atoms with Gasteiger partial charge < -0.3 is 9.84 Å². The zero-order valence-electron chi connectivity index (χ0n) is 20.2. The molecule has 172 valence electrons. The maximum absolute atomic E-state index is 13.5. The molecule has 5 rings (SSSR count). The van der Waals surface area contributed by atoms with Gasteiger partial charge in [-0.15, -0.1) is 0 Å². The molecule has 0 aromatic carbocycles. The normalized spacial score (nSPS) is 48.9. The first-order valence-corrected chi connectivity index (χ1v) is 12.9. The number of hydrogen-bond donors (Lipinski definition) is 1. The lowest BCUT2D eigenvalue weighted by Gasteiger charge is -2.54. The van der Waals surface area contributed by atoms with E-state index in [9.17, 15) is 9.90 Å². The average molecular weight is 427 g/mol. The zero-order chi connectivity index (χ0) is 22.2. The van der Waals surface area contributed by atoms with E-state index in [1.807, 2.05) is 0 Å². The summed E-state index contributed by atoms with van der Waals surface area (Å²) in [5.41, 5.74) is 3.17.